The Morgan fingerprint density at radius 1 is 1.33 bits per heavy atom. The third-order valence-corrected chi connectivity index (χ3v) is 1.80. The molecule has 0 aromatic heterocycles. The Labute approximate surface area is 85.3 Å². The smallest absolute Gasteiger partial charge is 0.338 e. The highest BCUT2D eigenvalue weighted by atomic mass is 16.5. The van der Waals surface area contributed by atoms with Crippen molar-refractivity contribution < 1.29 is 24.2 Å². The van der Waals surface area contributed by atoms with Gasteiger partial charge in [-0.05, 0) is 6.07 Å². The number of methoxy groups -OCH3 is 1. The zero-order chi connectivity index (χ0) is 11.4. The SMILES string of the molecule is COC(=O)c1cc(C=O)ccc1C(=O)[O-]. The second-order valence-corrected chi connectivity index (χ2v) is 2.70. The van der Waals surface area contributed by atoms with Crippen molar-refractivity contribution in [2.24, 2.45) is 0 Å². The van der Waals surface area contributed by atoms with Gasteiger partial charge in [-0.25, -0.2) is 4.79 Å². The maximum atomic E-state index is 11.2. The molecule has 0 bridgehead atoms. The van der Waals surface area contributed by atoms with E-state index in [1.165, 1.54) is 6.07 Å². The van der Waals surface area contributed by atoms with Crippen molar-refractivity contribution in [3.8, 4) is 0 Å². The number of aromatic carboxylic acids is 1. The number of carbonyl (C=O) groups is 3. The van der Waals surface area contributed by atoms with Crippen LogP contribution in [-0.2, 0) is 4.74 Å². The summed E-state index contributed by atoms with van der Waals surface area (Å²) in [5, 5.41) is 10.6. The van der Waals surface area contributed by atoms with Gasteiger partial charge in [-0.15, -0.1) is 0 Å². The molecule has 1 aromatic carbocycles. The van der Waals surface area contributed by atoms with Crippen molar-refractivity contribution in [3.05, 3.63) is 34.9 Å². The first-order chi connectivity index (χ1) is 7.10. The number of rotatable bonds is 3. The third kappa shape index (κ3) is 2.19. The van der Waals surface area contributed by atoms with Crippen LogP contribution in [0.2, 0.25) is 0 Å². The van der Waals surface area contributed by atoms with Gasteiger partial charge in [-0.2, -0.15) is 0 Å². The summed E-state index contributed by atoms with van der Waals surface area (Å²) in [6, 6.07) is 3.56. The van der Waals surface area contributed by atoms with Crippen molar-refractivity contribution in [3.63, 3.8) is 0 Å². The predicted octanol–water partition coefficient (Wildman–Crippen LogP) is -0.351. The molecule has 5 nitrogen and oxygen atoms in total. The summed E-state index contributed by atoms with van der Waals surface area (Å²) in [7, 11) is 1.12. The van der Waals surface area contributed by atoms with Gasteiger partial charge in [-0.1, -0.05) is 12.1 Å². The van der Waals surface area contributed by atoms with Gasteiger partial charge in [0.2, 0.25) is 0 Å². The number of ether oxygens (including phenoxy) is 1. The summed E-state index contributed by atoms with van der Waals surface area (Å²) in [4.78, 5) is 32.2. The van der Waals surface area contributed by atoms with Crippen LogP contribution >= 0.6 is 0 Å². The minimum absolute atomic E-state index is 0.192. The summed E-state index contributed by atoms with van der Waals surface area (Å²) >= 11 is 0. The predicted molar refractivity (Wildman–Crippen MR) is 47.5 cm³/mol. The summed E-state index contributed by atoms with van der Waals surface area (Å²) in [5.41, 5.74) is -0.296. The first-order valence-corrected chi connectivity index (χ1v) is 3.99. The Bertz CT molecular complexity index is 422. The van der Waals surface area contributed by atoms with Gasteiger partial charge in [-0.3, -0.25) is 4.79 Å². The molecule has 0 fully saturated rings. The molecule has 0 saturated carbocycles. The van der Waals surface area contributed by atoms with Crippen LogP contribution in [0.25, 0.3) is 0 Å². The molecule has 0 atom stereocenters. The van der Waals surface area contributed by atoms with Gasteiger partial charge in [0.1, 0.15) is 6.29 Å². The monoisotopic (exact) mass is 207 g/mol. The Kier molecular flexibility index (Phi) is 3.17. The zero-order valence-corrected chi connectivity index (χ0v) is 7.85. The van der Waals surface area contributed by atoms with Crippen molar-refractivity contribution in [1.29, 1.82) is 0 Å². The molecular weight excluding hydrogens is 200 g/mol. The molecule has 78 valence electrons. The average molecular weight is 207 g/mol. The van der Waals surface area contributed by atoms with Gasteiger partial charge in [0, 0.05) is 11.1 Å². The minimum atomic E-state index is -1.49. The van der Waals surface area contributed by atoms with Gasteiger partial charge < -0.3 is 14.6 Å². The highest BCUT2D eigenvalue weighted by molar-refractivity contribution is 6.02. The van der Waals surface area contributed by atoms with Crippen molar-refractivity contribution in [1.82, 2.24) is 0 Å². The number of carboxylic acid groups (broad SMARTS) is 1. The summed E-state index contributed by atoms with van der Waals surface area (Å²) in [5.74, 6) is -2.31. The fraction of sp³-hybridized carbons (Fsp3) is 0.100. The molecule has 0 aliphatic heterocycles. The number of esters is 1. The molecule has 0 saturated heterocycles. The first-order valence-electron chi connectivity index (χ1n) is 3.99. The van der Waals surface area contributed by atoms with E-state index in [9.17, 15) is 19.5 Å². The molecule has 0 N–H and O–H groups in total. The maximum absolute atomic E-state index is 11.2. The van der Waals surface area contributed by atoms with Crippen LogP contribution in [0.4, 0.5) is 0 Å². The number of benzene rings is 1. The number of hydrogen-bond donors (Lipinski definition) is 0. The van der Waals surface area contributed by atoms with Crippen LogP contribution < -0.4 is 5.11 Å². The second-order valence-electron chi connectivity index (χ2n) is 2.70. The zero-order valence-electron chi connectivity index (χ0n) is 7.85. The molecule has 5 heteroatoms. The lowest BCUT2D eigenvalue weighted by Gasteiger charge is -2.08. The van der Waals surface area contributed by atoms with Gasteiger partial charge >= 0.3 is 5.97 Å². The molecule has 0 amide bonds. The lowest BCUT2D eigenvalue weighted by atomic mass is 10.0. The summed E-state index contributed by atoms with van der Waals surface area (Å²) < 4.78 is 4.38. The van der Waals surface area contributed by atoms with Crippen LogP contribution in [0.15, 0.2) is 18.2 Å². The second kappa shape index (κ2) is 4.36. The van der Waals surface area contributed by atoms with E-state index in [2.05, 4.69) is 4.74 Å². The van der Waals surface area contributed by atoms with Crippen LogP contribution in [0.1, 0.15) is 31.1 Å². The minimum Gasteiger partial charge on any atom is -0.545 e. The normalized spacial score (nSPS) is 9.40. The van der Waals surface area contributed by atoms with Crippen LogP contribution in [-0.4, -0.2) is 25.3 Å². The molecule has 0 spiro atoms. The van der Waals surface area contributed by atoms with E-state index < -0.39 is 11.9 Å². The number of carbonyl (C=O) groups excluding carboxylic acids is 3. The van der Waals surface area contributed by atoms with Crippen molar-refractivity contribution in [2.75, 3.05) is 7.11 Å². The van der Waals surface area contributed by atoms with E-state index in [0.717, 1.165) is 19.2 Å². The lowest BCUT2D eigenvalue weighted by Crippen LogP contribution is -2.25. The van der Waals surface area contributed by atoms with E-state index in [1.807, 2.05) is 0 Å². The lowest BCUT2D eigenvalue weighted by molar-refractivity contribution is -0.255. The number of hydrogen-bond acceptors (Lipinski definition) is 5. The Hall–Kier alpha value is -2.17. The third-order valence-electron chi connectivity index (χ3n) is 1.80. The van der Waals surface area contributed by atoms with Crippen LogP contribution in [0.3, 0.4) is 0 Å². The van der Waals surface area contributed by atoms with E-state index in [4.69, 9.17) is 0 Å². The van der Waals surface area contributed by atoms with E-state index in [1.54, 1.807) is 0 Å². The highest BCUT2D eigenvalue weighted by Gasteiger charge is 2.13. The van der Waals surface area contributed by atoms with Crippen molar-refractivity contribution >= 4 is 18.2 Å². The van der Waals surface area contributed by atoms with Crippen LogP contribution in [0.5, 0.6) is 0 Å². The van der Waals surface area contributed by atoms with Crippen molar-refractivity contribution in [2.45, 2.75) is 0 Å². The van der Waals surface area contributed by atoms with E-state index >= 15 is 0 Å². The molecule has 0 aliphatic carbocycles. The molecule has 15 heavy (non-hydrogen) atoms. The largest absolute Gasteiger partial charge is 0.545 e. The molecule has 1 aromatic rings. The first kappa shape index (κ1) is 10.9. The molecule has 0 heterocycles. The topological polar surface area (TPSA) is 83.5 Å². The maximum Gasteiger partial charge on any atom is 0.338 e. The Morgan fingerprint density at radius 3 is 2.47 bits per heavy atom. The molecule has 1 rings (SSSR count). The highest BCUT2D eigenvalue weighted by Crippen LogP contribution is 2.11. The van der Waals surface area contributed by atoms with E-state index in [-0.39, 0.29) is 16.7 Å². The number of carboxylic acids is 1. The Balaban J connectivity index is 3.34. The Morgan fingerprint density at radius 2 is 2.00 bits per heavy atom. The fourth-order valence-corrected chi connectivity index (χ4v) is 1.09. The van der Waals surface area contributed by atoms with E-state index in [0.29, 0.717) is 6.29 Å². The molecular formula is C10H7O5-. The van der Waals surface area contributed by atoms with Gasteiger partial charge in [0.15, 0.2) is 0 Å². The fourth-order valence-electron chi connectivity index (χ4n) is 1.09. The quantitative estimate of drug-likeness (QED) is 0.499. The standard InChI is InChI=1S/C10H8O5/c1-15-10(14)8-4-6(5-11)2-3-7(8)9(12)13/h2-5H,1H3,(H,12,13)/p-1. The summed E-state index contributed by atoms with van der Waals surface area (Å²) in [6.07, 6.45) is 0.505. The van der Waals surface area contributed by atoms with Gasteiger partial charge in [0.25, 0.3) is 0 Å². The van der Waals surface area contributed by atoms with Gasteiger partial charge in [0.05, 0.1) is 18.6 Å². The molecule has 0 unspecified atom stereocenters. The molecule has 0 aliphatic rings. The number of aldehydes is 1. The average Bonchev–Trinajstić information content (AvgIpc) is 2.26. The van der Waals surface area contributed by atoms with Crippen LogP contribution in [0, 0.1) is 0 Å². The molecule has 0 radical (unpaired) electrons. The summed E-state index contributed by atoms with van der Waals surface area (Å²) in [6.45, 7) is 0.